The van der Waals surface area contributed by atoms with Gasteiger partial charge in [-0.3, -0.25) is 4.79 Å². The van der Waals surface area contributed by atoms with E-state index in [0.717, 1.165) is 37.4 Å². The molecule has 3 aliphatic rings. The third kappa shape index (κ3) is 2.54. The summed E-state index contributed by atoms with van der Waals surface area (Å²) in [7, 11) is 0. The molecule has 0 radical (unpaired) electrons. The van der Waals surface area contributed by atoms with Gasteiger partial charge in [0.15, 0.2) is 0 Å². The molecule has 2 aliphatic carbocycles. The lowest BCUT2D eigenvalue weighted by molar-refractivity contribution is -0.136. The summed E-state index contributed by atoms with van der Waals surface area (Å²) >= 11 is 1.92. The molecule has 4 rings (SSSR count). The quantitative estimate of drug-likeness (QED) is 0.784. The number of furan rings is 1. The zero-order chi connectivity index (χ0) is 14.2. The predicted octanol–water partition coefficient (Wildman–Crippen LogP) is 3.50. The topological polar surface area (TPSA) is 33.5 Å². The fraction of sp³-hybridized carbons (Fsp3) is 0.588. The van der Waals surface area contributed by atoms with E-state index >= 15 is 0 Å². The minimum Gasteiger partial charge on any atom is -0.468 e. The summed E-state index contributed by atoms with van der Waals surface area (Å²) in [6.45, 7) is 1.76. The second kappa shape index (κ2) is 5.56. The van der Waals surface area contributed by atoms with Crippen LogP contribution in [-0.4, -0.2) is 29.6 Å². The Labute approximate surface area is 129 Å². The minimum absolute atomic E-state index is 0.255. The molecule has 4 atom stereocenters. The van der Waals surface area contributed by atoms with Gasteiger partial charge in [0, 0.05) is 24.8 Å². The second-order valence-electron chi connectivity index (χ2n) is 6.38. The maximum atomic E-state index is 12.8. The summed E-state index contributed by atoms with van der Waals surface area (Å²) in [4.78, 5) is 14.9. The normalized spacial score (nSPS) is 35.1. The number of rotatable bonds is 2. The fourth-order valence-corrected chi connectivity index (χ4v) is 5.17. The van der Waals surface area contributed by atoms with E-state index in [1.54, 1.807) is 6.26 Å². The second-order valence-corrected chi connectivity index (χ2v) is 7.69. The van der Waals surface area contributed by atoms with Gasteiger partial charge in [0.05, 0.1) is 11.5 Å². The highest BCUT2D eigenvalue weighted by atomic mass is 32.2. The number of carbonyl (C=O) groups is 1. The van der Waals surface area contributed by atoms with Gasteiger partial charge in [-0.05, 0) is 43.2 Å². The fourth-order valence-electron chi connectivity index (χ4n) is 3.99. The van der Waals surface area contributed by atoms with Crippen molar-refractivity contribution in [1.29, 1.82) is 0 Å². The van der Waals surface area contributed by atoms with Crippen molar-refractivity contribution < 1.29 is 9.21 Å². The van der Waals surface area contributed by atoms with Gasteiger partial charge in [-0.2, -0.15) is 0 Å². The van der Waals surface area contributed by atoms with Crippen LogP contribution in [0.5, 0.6) is 0 Å². The number of hydrogen-bond donors (Lipinski definition) is 0. The number of amides is 1. The van der Waals surface area contributed by atoms with Crippen molar-refractivity contribution in [3.8, 4) is 0 Å². The van der Waals surface area contributed by atoms with Crippen LogP contribution in [0.2, 0.25) is 0 Å². The smallest absolute Gasteiger partial charge is 0.226 e. The van der Waals surface area contributed by atoms with Gasteiger partial charge in [-0.15, -0.1) is 11.8 Å². The number of allylic oxidation sites excluding steroid dienone is 2. The van der Waals surface area contributed by atoms with Crippen LogP contribution in [0.3, 0.4) is 0 Å². The zero-order valence-corrected chi connectivity index (χ0v) is 12.9. The highest BCUT2D eigenvalue weighted by Gasteiger charge is 2.41. The molecule has 21 heavy (non-hydrogen) atoms. The highest BCUT2D eigenvalue weighted by molar-refractivity contribution is 7.99. The molecule has 0 spiro atoms. The van der Waals surface area contributed by atoms with Crippen LogP contribution in [0.1, 0.15) is 30.3 Å². The first-order chi connectivity index (χ1) is 10.3. The molecular formula is C17H21NO2S. The van der Waals surface area contributed by atoms with Crippen molar-refractivity contribution in [2.75, 3.05) is 18.8 Å². The monoisotopic (exact) mass is 303 g/mol. The van der Waals surface area contributed by atoms with E-state index in [4.69, 9.17) is 4.42 Å². The first-order valence-electron chi connectivity index (χ1n) is 7.93. The van der Waals surface area contributed by atoms with E-state index in [0.29, 0.717) is 23.0 Å². The third-order valence-electron chi connectivity index (χ3n) is 5.11. The van der Waals surface area contributed by atoms with Crippen LogP contribution in [0, 0.1) is 17.8 Å². The molecule has 2 bridgehead atoms. The Balaban J connectivity index is 1.40. The van der Waals surface area contributed by atoms with Gasteiger partial charge in [-0.25, -0.2) is 0 Å². The van der Waals surface area contributed by atoms with Crippen LogP contribution in [0.4, 0.5) is 0 Å². The van der Waals surface area contributed by atoms with Crippen LogP contribution in [-0.2, 0) is 4.79 Å². The molecular weight excluding hydrogens is 282 g/mol. The molecule has 4 heteroatoms. The minimum atomic E-state index is 0.255. The molecule has 1 aromatic heterocycles. The van der Waals surface area contributed by atoms with Gasteiger partial charge < -0.3 is 9.32 Å². The Kier molecular flexibility index (Phi) is 3.57. The summed E-state index contributed by atoms with van der Waals surface area (Å²) in [5.74, 6) is 3.89. The van der Waals surface area contributed by atoms with Crippen molar-refractivity contribution in [1.82, 2.24) is 4.90 Å². The standard InChI is InChI=1S/C17H21NO2S/c19-17(14-11-12-3-4-13(14)10-12)18-6-5-16(21-9-7-18)15-2-1-8-20-15/h1-4,8,12-14,16H,5-7,9-11H2. The number of carbonyl (C=O) groups excluding carboxylic acids is 1. The molecule has 2 fully saturated rings. The summed E-state index contributed by atoms with van der Waals surface area (Å²) < 4.78 is 5.53. The van der Waals surface area contributed by atoms with Crippen LogP contribution in [0.15, 0.2) is 35.0 Å². The third-order valence-corrected chi connectivity index (χ3v) is 6.40. The average molecular weight is 303 g/mol. The molecule has 1 aromatic rings. The average Bonchev–Trinajstić information content (AvgIpc) is 3.22. The molecule has 1 saturated heterocycles. The molecule has 0 N–H and O–H groups in total. The number of hydrogen-bond acceptors (Lipinski definition) is 3. The van der Waals surface area contributed by atoms with Gasteiger partial charge >= 0.3 is 0 Å². The van der Waals surface area contributed by atoms with E-state index in [-0.39, 0.29) is 5.92 Å². The molecule has 1 aliphatic heterocycles. The van der Waals surface area contributed by atoms with Crippen molar-refractivity contribution in [2.45, 2.75) is 24.5 Å². The first kappa shape index (κ1) is 13.5. The van der Waals surface area contributed by atoms with Crippen molar-refractivity contribution in [2.24, 2.45) is 17.8 Å². The van der Waals surface area contributed by atoms with Crippen LogP contribution >= 0.6 is 11.8 Å². The lowest BCUT2D eigenvalue weighted by Crippen LogP contribution is -2.39. The van der Waals surface area contributed by atoms with Gasteiger partial charge in [0.25, 0.3) is 0 Å². The SMILES string of the molecule is O=C(C1CC2C=CC1C2)N1CCSC(c2ccco2)CC1. The lowest BCUT2D eigenvalue weighted by Gasteiger charge is -2.26. The number of thioether (sulfide) groups is 1. The molecule has 3 nitrogen and oxygen atoms in total. The first-order valence-corrected chi connectivity index (χ1v) is 8.98. The Hall–Kier alpha value is -1.16. The predicted molar refractivity (Wildman–Crippen MR) is 83.9 cm³/mol. The van der Waals surface area contributed by atoms with E-state index in [1.807, 2.05) is 17.8 Å². The highest BCUT2D eigenvalue weighted by Crippen LogP contribution is 2.44. The maximum Gasteiger partial charge on any atom is 0.226 e. The number of nitrogens with zero attached hydrogens (tertiary/aromatic N) is 1. The van der Waals surface area contributed by atoms with E-state index in [2.05, 4.69) is 23.1 Å². The zero-order valence-electron chi connectivity index (χ0n) is 12.1. The van der Waals surface area contributed by atoms with Crippen molar-refractivity contribution >= 4 is 17.7 Å². The van der Waals surface area contributed by atoms with Crippen molar-refractivity contribution in [3.05, 3.63) is 36.3 Å². The Morgan fingerprint density at radius 1 is 1.29 bits per heavy atom. The van der Waals surface area contributed by atoms with Crippen LogP contribution in [0.25, 0.3) is 0 Å². The Morgan fingerprint density at radius 3 is 2.95 bits per heavy atom. The van der Waals surface area contributed by atoms with Gasteiger partial charge in [-0.1, -0.05) is 12.2 Å². The lowest BCUT2D eigenvalue weighted by atomic mass is 9.92. The van der Waals surface area contributed by atoms with Crippen molar-refractivity contribution in [3.63, 3.8) is 0 Å². The van der Waals surface area contributed by atoms with E-state index in [1.165, 1.54) is 6.42 Å². The maximum absolute atomic E-state index is 12.8. The molecule has 2 heterocycles. The van der Waals surface area contributed by atoms with Gasteiger partial charge in [0.1, 0.15) is 5.76 Å². The summed E-state index contributed by atoms with van der Waals surface area (Å²) in [5, 5.41) is 0.401. The van der Waals surface area contributed by atoms with Crippen LogP contribution < -0.4 is 0 Å². The Bertz CT molecular complexity index is 539. The summed E-state index contributed by atoms with van der Waals surface area (Å²) in [6, 6.07) is 4.00. The Morgan fingerprint density at radius 2 is 2.24 bits per heavy atom. The largest absolute Gasteiger partial charge is 0.468 e. The van der Waals surface area contributed by atoms with E-state index < -0.39 is 0 Å². The molecule has 112 valence electrons. The molecule has 1 saturated carbocycles. The van der Waals surface area contributed by atoms with Gasteiger partial charge in [0.2, 0.25) is 5.91 Å². The molecule has 0 aromatic carbocycles. The molecule has 1 amide bonds. The number of fused-ring (bicyclic) bond motifs is 2. The van der Waals surface area contributed by atoms with E-state index in [9.17, 15) is 4.79 Å². The summed E-state index contributed by atoms with van der Waals surface area (Å²) in [5.41, 5.74) is 0. The summed E-state index contributed by atoms with van der Waals surface area (Å²) in [6.07, 6.45) is 9.60. The molecule has 4 unspecified atom stereocenters.